The van der Waals surface area contributed by atoms with E-state index < -0.39 is 0 Å². The average Bonchev–Trinajstić information content (AvgIpc) is 2.79. The van der Waals surface area contributed by atoms with E-state index >= 15 is 0 Å². The Kier molecular flexibility index (Phi) is 10.5. The molecule has 0 N–H and O–H groups in total. The Labute approximate surface area is 187 Å². The van der Waals surface area contributed by atoms with Gasteiger partial charge in [-0.3, -0.25) is 0 Å². The quantitative estimate of drug-likeness (QED) is 0.238. The van der Waals surface area contributed by atoms with Crippen molar-refractivity contribution in [2.24, 2.45) is 17.8 Å². The fourth-order valence-corrected chi connectivity index (χ4v) is 5.86. The van der Waals surface area contributed by atoms with E-state index in [2.05, 4.69) is 44.2 Å². The van der Waals surface area contributed by atoms with Gasteiger partial charge in [0.05, 0.1) is 0 Å². The van der Waals surface area contributed by atoms with Gasteiger partial charge in [0, 0.05) is 0 Å². The van der Waals surface area contributed by atoms with Crippen LogP contribution in [0.1, 0.15) is 121 Å². The van der Waals surface area contributed by atoms with E-state index in [1.807, 2.05) is 0 Å². The van der Waals surface area contributed by atoms with E-state index in [1.54, 1.807) is 5.57 Å². The summed E-state index contributed by atoms with van der Waals surface area (Å²) in [6, 6.07) is 9.39. The second-order valence-electron chi connectivity index (χ2n) is 10.5. The number of unbranched alkanes of at least 4 members (excludes halogenated alkanes) is 2. The summed E-state index contributed by atoms with van der Waals surface area (Å²) in [5.41, 5.74) is 4.74. The van der Waals surface area contributed by atoms with Gasteiger partial charge in [-0.1, -0.05) is 114 Å². The molecule has 0 radical (unpaired) electrons. The van der Waals surface area contributed by atoms with Gasteiger partial charge in [-0.15, -0.1) is 0 Å². The Hall–Kier alpha value is -1.04. The largest absolute Gasteiger partial charge is 0.0850 e. The maximum absolute atomic E-state index is 2.62. The SMILES string of the molecule is CCCCC[C@H]1CC[C@H](CCC2CC=C(CCc3ccc(CCC)cc3)CC2)CC1. The van der Waals surface area contributed by atoms with E-state index in [-0.39, 0.29) is 0 Å². The molecule has 3 rings (SSSR count). The predicted octanol–water partition coefficient (Wildman–Crippen LogP) is 9.47. The van der Waals surface area contributed by atoms with Gasteiger partial charge in [-0.2, -0.15) is 0 Å². The third kappa shape index (κ3) is 8.24. The molecule has 1 saturated carbocycles. The number of hydrogen-bond acceptors (Lipinski definition) is 0. The summed E-state index contributed by atoms with van der Waals surface area (Å²) in [4.78, 5) is 0. The van der Waals surface area contributed by atoms with Gasteiger partial charge in [-0.25, -0.2) is 0 Å². The minimum absolute atomic E-state index is 0.976. The molecule has 0 nitrogen and oxygen atoms in total. The van der Waals surface area contributed by atoms with E-state index in [9.17, 15) is 0 Å². The Balaban J connectivity index is 1.28. The highest BCUT2D eigenvalue weighted by Gasteiger charge is 2.22. The summed E-state index contributed by atoms with van der Waals surface area (Å²) in [5, 5.41) is 0. The molecule has 0 heterocycles. The summed E-state index contributed by atoms with van der Waals surface area (Å²) in [6.45, 7) is 4.59. The molecule has 30 heavy (non-hydrogen) atoms. The van der Waals surface area contributed by atoms with Crippen LogP contribution in [0.5, 0.6) is 0 Å². The van der Waals surface area contributed by atoms with Gasteiger partial charge in [-0.05, 0) is 73.8 Å². The molecule has 0 bridgehead atoms. The fourth-order valence-electron chi connectivity index (χ4n) is 5.86. The molecule has 1 fully saturated rings. The van der Waals surface area contributed by atoms with E-state index in [4.69, 9.17) is 0 Å². The van der Waals surface area contributed by atoms with Crippen molar-refractivity contribution >= 4 is 0 Å². The van der Waals surface area contributed by atoms with Crippen LogP contribution in [0.25, 0.3) is 0 Å². The summed E-state index contributed by atoms with van der Waals surface area (Å²) in [7, 11) is 0. The highest BCUT2D eigenvalue weighted by Crippen LogP contribution is 2.37. The van der Waals surface area contributed by atoms with Crippen molar-refractivity contribution in [3.05, 3.63) is 47.0 Å². The molecule has 0 saturated heterocycles. The number of allylic oxidation sites excluding steroid dienone is 2. The first kappa shape index (κ1) is 23.6. The van der Waals surface area contributed by atoms with Crippen LogP contribution in [0.15, 0.2) is 35.9 Å². The molecule has 168 valence electrons. The molecule has 2 aliphatic rings. The van der Waals surface area contributed by atoms with Gasteiger partial charge in [0.2, 0.25) is 0 Å². The highest BCUT2D eigenvalue weighted by molar-refractivity contribution is 5.23. The zero-order chi connectivity index (χ0) is 21.0. The van der Waals surface area contributed by atoms with Crippen molar-refractivity contribution in [1.82, 2.24) is 0 Å². The van der Waals surface area contributed by atoms with Gasteiger partial charge in [0.15, 0.2) is 0 Å². The van der Waals surface area contributed by atoms with Crippen LogP contribution in [0.4, 0.5) is 0 Å². The number of rotatable bonds is 12. The third-order valence-electron chi connectivity index (χ3n) is 8.08. The standard InChI is InChI=1S/C30H48/c1-3-5-6-8-26-11-15-28(16-12-26)18-20-30-23-21-29(22-24-30)19-17-27-13-9-25(7-4-2)10-14-27/h9-10,13-14,21,26,28,30H,3-8,11-12,15-20,22-24H2,1-2H3/t26-,28-,30?. The molecular weight excluding hydrogens is 360 g/mol. The summed E-state index contributed by atoms with van der Waals surface area (Å²) < 4.78 is 0. The molecular formula is C30H48. The lowest BCUT2D eigenvalue weighted by atomic mass is 9.76. The normalized spacial score (nSPS) is 24.6. The molecule has 0 heteroatoms. The van der Waals surface area contributed by atoms with Crippen LogP contribution >= 0.6 is 0 Å². The van der Waals surface area contributed by atoms with Gasteiger partial charge in [0.1, 0.15) is 0 Å². The molecule has 0 aliphatic heterocycles. The second kappa shape index (κ2) is 13.4. The maximum Gasteiger partial charge on any atom is -0.0241 e. The second-order valence-corrected chi connectivity index (χ2v) is 10.5. The number of benzene rings is 1. The Morgan fingerprint density at radius 1 is 0.633 bits per heavy atom. The molecule has 0 aromatic heterocycles. The highest BCUT2D eigenvalue weighted by atomic mass is 14.3. The van der Waals surface area contributed by atoms with Crippen LogP contribution in [0.2, 0.25) is 0 Å². The van der Waals surface area contributed by atoms with Crippen LogP contribution in [-0.4, -0.2) is 0 Å². The summed E-state index contributed by atoms with van der Waals surface area (Å²) in [6.07, 6.45) is 26.7. The predicted molar refractivity (Wildman–Crippen MR) is 133 cm³/mol. The molecule has 1 unspecified atom stereocenters. The summed E-state index contributed by atoms with van der Waals surface area (Å²) in [5.74, 6) is 3.09. The summed E-state index contributed by atoms with van der Waals surface area (Å²) >= 11 is 0. The van der Waals surface area contributed by atoms with Crippen molar-refractivity contribution in [2.45, 2.75) is 123 Å². The molecule has 1 atom stereocenters. The zero-order valence-corrected chi connectivity index (χ0v) is 20.1. The number of hydrogen-bond donors (Lipinski definition) is 0. The Morgan fingerprint density at radius 2 is 1.27 bits per heavy atom. The smallest absolute Gasteiger partial charge is 0.0241 e. The van der Waals surface area contributed by atoms with Crippen LogP contribution in [0, 0.1) is 17.8 Å². The Morgan fingerprint density at radius 3 is 1.87 bits per heavy atom. The first-order valence-electron chi connectivity index (χ1n) is 13.5. The van der Waals surface area contributed by atoms with Crippen LogP contribution in [-0.2, 0) is 12.8 Å². The van der Waals surface area contributed by atoms with Gasteiger partial charge >= 0.3 is 0 Å². The molecule has 0 amide bonds. The van der Waals surface area contributed by atoms with Crippen LogP contribution in [0.3, 0.4) is 0 Å². The van der Waals surface area contributed by atoms with Crippen molar-refractivity contribution in [3.8, 4) is 0 Å². The fraction of sp³-hybridized carbons (Fsp3) is 0.733. The zero-order valence-electron chi connectivity index (χ0n) is 20.1. The molecule has 2 aliphatic carbocycles. The monoisotopic (exact) mass is 408 g/mol. The van der Waals surface area contributed by atoms with Crippen molar-refractivity contribution in [3.63, 3.8) is 0 Å². The first-order chi connectivity index (χ1) is 14.8. The van der Waals surface area contributed by atoms with Gasteiger partial charge < -0.3 is 0 Å². The lowest BCUT2D eigenvalue weighted by molar-refractivity contribution is 0.234. The van der Waals surface area contributed by atoms with Crippen molar-refractivity contribution < 1.29 is 0 Å². The van der Waals surface area contributed by atoms with Crippen molar-refractivity contribution in [2.75, 3.05) is 0 Å². The lowest BCUT2D eigenvalue weighted by Gasteiger charge is -2.30. The maximum atomic E-state index is 2.62. The first-order valence-corrected chi connectivity index (χ1v) is 13.5. The minimum atomic E-state index is 0.976. The van der Waals surface area contributed by atoms with Crippen LogP contribution < -0.4 is 0 Å². The number of aryl methyl sites for hydroxylation is 2. The van der Waals surface area contributed by atoms with E-state index in [1.165, 1.54) is 120 Å². The van der Waals surface area contributed by atoms with E-state index in [0.717, 1.165) is 17.8 Å². The topological polar surface area (TPSA) is 0 Å². The third-order valence-corrected chi connectivity index (χ3v) is 8.08. The van der Waals surface area contributed by atoms with E-state index in [0.29, 0.717) is 0 Å². The lowest BCUT2D eigenvalue weighted by Crippen LogP contribution is -2.16. The Bertz CT molecular complexity index is 599. The molecule has 1 aromatic rings. The molecule has 1 aromatic carbocycles. The molecule has 0 spiro atoms. The van der Waals surface area contributed by atoms with Crippen molar-refractivity contribution in [1.29, 1.82) is 0 Å². The van der Waals surface area contributed by atoms with Gasteiger partial charge in [0.25, 0.3) is 0 Å². The average molecular weight is 409 g/mol. The minimum Gasteiger partial charge on any atom is -0.0850 e.